The molecule has 1 aliphatic carbocycles. The van der Waals surface area contributed by atoms with Crippen molar-refractivity contribution >= 4 is 11.8 Å². The summed E-state index contributed by atoms with van der Waals surface area (Å²) in [6, 6.07) is 3.40. The van der Waals surface area contributed by atoms with Crippen molar-refractivity contribution in [3.63, 3.8) is 0 Å². The lowest BCUT2D eigenvalue weighted by atomic mass is 9.92. The number of likely N-dealkylation sites (N-methyl/N-ethyl adjacent to an activating group) is 1. The van der Waals surface area contributed by atoms with E-state index in [1.165, 1.54) is 10.7 Å². The summed E-state index contributed by atoms with van der Waals surface area (Å²) in [4.78, 5) is 23.0. The summed E-state index contributed by atoms with van der Waals surface area (Å²) in [7, 11) is 2.04. The van der Waals surface area contributed by atoms with E-state index in [2.05, 4.69) is 25.3 Å². The molecular formula is C21H28F2N6O3. The number of aromatic nitrogens is 4. The SMILES string of the molecule is CCOC(=O)c1ccn(-c2nc(NC3CCC(F)(F)CC3)cc(OCC3CCN3C)n2)n1. The Morgan fingerprint density at radius 1 is 1.28 bits per heavy atom. The van der Waals surface area contributed by atoms with Crippen molar-refractivity contribution in [2.24, 2.45) is 0 Å². The van der Waals surface area contributed by atoms with Gasteiger partial charge in [0.1, 0.15) is 12.4 Å². The first-order valence-electron chi connectivity index (χ1n) is 10.9. The minimum Gasteiger partial charge on any atom is -0.476 e. The van der Waals surface area contributed by atoms with E-state index < -0.39 is 11.9 Å². The number of nitrogens with one attached hydrogen (secondary N) is 1. The normalized spacial score (nSPS) is 21.1. The highest BCUT2D eigenvalue weighted by molar-refractivity contribution is 5.87. The van der Waals surface area contributed by atoms with Crippen molar-refractivity contribution in [3.8, 4) is 11.8 Å². The molecule has 0 spiro atoms. The van der Waals surface area contributed by atoms with Gasteiger partial charge in [0.2, 0.25) is 11.8 Å². The van der Waals surface area contributed by atoms with Crippen molar-refractivity contribution in [1.82, 2.24) is 24.6 Å². The summed E-state index contributed by atoms with van der Waals surface area (Å²) < 4.78 is 39.3. The Kier molecular flexibility index (Phi) is 6.54. The summed E-state index contributed by atoms with van der Waals surface area (Å²) in [6.07, 6.45) is 3.02. The molecule has 174 valence electrons. The fourth-order valence-electron chi connectivity index (χ4n) is 3.77. The number of halogens is 2. The molecule has 32 heavy (non-hydrogen) atoms. The van der Waals surface area contributed by atoms with E-state index in [-0.39, 0.29) is 37.1 Å². The maximum absolute atomic E-state index is 13.5. The van der Waals surface area contributed by atoms with Gasteiger partial charge >= 0.3 is 5.97 Å². The van der Waals surface area contributed by atoms with Crippen molar-refractivity contribution in [1.29, 1.82) is 0 Å². The van der Waals surface area contributed by atoms with Crippen LogP contribution in [0.4, 0.5) is 14.6 Å². The average Bonchev–Trinajstić information content (AvgIpc) is 3.25. The fourth-order valence-corrected chi connectivity index (χ4v) is 3.77. The maximum Gasteiger partial charge on any atom is 0.358 e. The van der Waals surface area contributed by atoms with Crippen LogP contribution in [0.2, 0.25) is 0 Å². The van der Waals surface area contributed by atoms with Gasteiger partial charge < -0.3 is 14.8 Å². The quantitative estimate of drug-likeness (QED) is 0.614. The number of hydrogen-bond acceptors (Lipinski definition) is 8. The predicted molar refractivity (Wildman–Crippen MR) is 112 cm³/mol. The van der Waals surface area contributed by atoms with Crippen LogP contribution < -0.4 is 10.1 Å². The summed E-state index contributed by atoms with van der Waals surface area (Å²) in [5, 5.41) is 7.44. The Bertz CT molecular complexity index is 943. The number of anilines is 1. The first-order valence-corrected chi connectivity index (χ1v) is 10.9. The molecular weight excluding hydrogens is 422 g/mol. The van der Waals surface area contributed by atoms with E-state index in [1.807, 2.05) is 7.05 Å². The molecule has 2 aromatic heterocycles. The lowest BCUT2D eigenvalue weighted by molar-refractivity contribution is -0.0361. The molecule has 1 saturated carbocycles. The van der Waals surface area contributed by atoms with Gasteiger partial charge in [-0.2, -0.15) is 15.1 Å². The van der Waals surface area contributed by atoms with Crippen LogP contribution in [0.3, 0.4) is 0 Å². The summed E-state index contributed by atoms with van der Waals surface area (Å²) >= 11 is 0. The second kappa shape index (κ2) is 9.35. The van der Waals surface area contributed by atoms with E-state index >= 15 is 0 Å². The number of rotatable bonds is 8. The first-order chi connectivity index (χ1) is 15.3. The van der Waals surface area contributed by atoms with Crippen molar-refractivity contribution in [2.75, 3.05) is 32.1 Å². The molecule has 0 amide bonds. The van der Waals surface area contributed by atoms with Gasteiger partial charge in [-0.3, -0.25) is 4.90 Å². The van der Waals surface area contributed by atoms with Gasteiger partial charge in [-0.05, 0) is 45.8 Å². The smallest absolute Gasteiger partial charge is 0.358 e. The molecule has 0 aromatic carbocycles. The minimum absolute atomic E-state index is 0.115. The van der Waals surface area contributed by atoms with Gasteiger partial charge in [-0.25, -0.2) is 18.3 Å². The fraction of sp³-hybridized carbons (Fsp3) is 0.619. The van der Waals surface area contributed by atoms with Crippen molar-refractivity contribution in [2.45, 2.75) is 57.0 Å². The van der Waals surface area contributed by atoms with Gasteiger partial charge in [0, 0.05) is 37.2 Å². The van der Waals surface area contributed by atoms with Gasteiger partial charge in [0.15, 0.2) is 5.69 Å². The monoisotopic (exact) mass is 450 g/mol. The average molecular weight is 450 g/mol. The van der Waals surface area contributed by atoms with Crippen molar-refractivity contribution < 1.29 is 23.0 Å². The zero-order valence-corrected chi connectivity index (χ0v) is 18.3. The molecule has 0 radical (unpaired) electrons. The lowest BCUT2D eigenvalue weighted by Crippen LogP contribution is -2.48. The zero-order chi connectivity index (χ0) is 22.7. The van der Waals surface area contributed by atoms with E-state index in [9.17, 15) is 13.6 Å². The van der Waals surface area contributed by atoms with Crippen LogP contribution in [-0.2, 0) is 4.74 Å². The van der Waals surface area contributed by atoms with Crippen LogP contribution in [0.15, 0.2) is 18.3 Å². The van der Waals surface area contributed by atoms with Gasteiger partial charge in [0.25, 0.3) is 5.95 Å². The van der Waals surface area contributed by atoms with Crippen LogP contribution in [0.1, 0.15) is 49.5 Å². The molecule has 0 bridgehead atoms. The highest BCUT2D eigenvalue weighted by atomic mass is 19.3. The minimum atomic E-state index is -2.60. The third-order valence-corrected chi connectivity index (χ3v) is 5.90. The number of carbonyl (C=O) groups is 1. The third-order valence-electron chi connectivity index (χ3n) is 5.90. The highest BCUT2D eigenvalue weighted by Gasteiger charge is 2.35. The predicted octanol–water partition coefficient (Wildman–Crippen LogP) is 2.91. The molecule has 3 heterocycles. The second-order valence-corrected chi connectivity index (χ2v) is 8.27. The Morgan fingerprint density at radius 2 is 2.06 bits per heavy atom. The molecule has 11 heteroatoms. The molecule has 9 nitrogen and oxygen atoms in total. The number of likely N-dealkylation sites (tertiary alicyclic amines) is 1. The van der Waals surface area contributed by atoms with Crippen LogP contribution in [0.25, 0.3) is 5.95 Å². The molecule has 1 aliphatic heterocycles. The number of ether oxygens (including phenoxy) is 2. The van der Waals surface area contributed by atoms with Gasteiger partial charge in [-0.1, -0.05) is 0 Å². The zero-order valence-electron chi connectivity index (χ0n) is 18.3. The summed E-state index contributed by atoms with van der Waals surface area (Å²) in [6.45, 7) is 3.48. The molecule has 1 saturated heterocycles. The molecule has 2 aromatic rings. The van der Waals surface area contributed by atoms with Crippen LogP contribution in [-0.4, -0.2) is 75.4 Å². The van der Waals surface area contributed by atoms with E-state index in [1.54, 1.807) is 19.2 Å². The third kappa shape index (κ3) is 5.32. The highest BCUT2D eigenvalue weighted by Crippen LogP contribution is 2.34. The van der Waals surface area contributed by atoms with E-state index in [0.29, 0.717) is 37.2 Å². The molecule has 2 fully saturated rings. The van der Waals surface area contributed by atoms with Crippen molar-refractivity contribution in [3.05, 3.63) is 24.0 Å². The lowest BCUT2D eigenvalue weighted by Gasteiger charge is -2.37. The number of alkyl halides is 2. The number of esters is 1. The van der Waals surface area contributed by atoms with Gasteiger partial charge in [-0.15, -0.1) is 0 Å². The number of nitrogens with zero attached hydrogens (tertiary/aromatic N) is 5. The van der Waals surface area contributed by atoms with E-state index in [0.717, 1.165) is 13.0 Å². The molecule has 2 aliphatic rings. The van der Waals surface area contributed by atoms with Crippen LogP contribution >= 0.6 is 0 Å². The van der Waals surface area contributed by atoms with Gasteiger partial charge in [0.05, 0.1) is 6.61 Å². The first kappa shape index (κ1) is 22.4. The molecule has 4 rings (SSSR count). The molecule has 1 N–H and O–H groups in total. The maximum atomic E-state index is 13.5. The Hall–Kier alpha value is -2.82. The molecule has 1 atom stereocenters. The topological polar surface area (TPSA) is 94.4 Å². The summed E-state index contributed by atoms with van der Waals surface area (Å²) in [5.74, 6) is -2.10. The number of carbonyl (C=O) groups excluding carboxylic acids is 1. The Balaban J connectivity index is 1.53. The van der Waals surface area contributed by atoms with Crippen LogP contribution in [0, 0.1) is 0 Å². The molecule has 1 unspecified atom stereocenters. The standard InChI is InChI=1S/C21H28F2N6O3/c1-3-31-19(30)16-7-11-29(27-16)20-25-17(24-14-4-8-21(22,23)9-5-14)12-18(26-20)32-13-15-6-10-28(15)2/h7,11-12,14-15H,3-6,8-10,13H2,1-2H3,(H,24,25,26). The second-order valence-electron chi connectivity index (χ2n) is 8.27. The van der Waals surface area contributed by atoms with E-state index in [4.69, 9.17) is 9.47 Å². The number of hydrogen-bond donors (Lipinski definition) is 1. The Labute approximate surface area is 185 Å². The van der Waals surface area contributed by atoms with Crippen LogP contribution in [0.5, 0.6) is 5.88 Å². The Morgan fingerprint density at radius 3 is 2.72 bits per heavy atom. The largest absolute Gasteiger partial charge is 0.476 e. The summed E-state index contributed by atoms with van der Waals surface area (Å²) in [5.41, 5.74) is 0.141.